The molecule has 2 aromatic carbocycles. The maximum atomic E-state index is 13.5. The maximum absolute atomic E-state index is 13.5. The van der Waals surface area contributed by atoms with Crippen LogP contribution in [0.4, 0.5) is 19.3 Å². The number of hydrogen-bond acceptors (Lipinski definition) is 3. The van der Waals surface area contributed by atoms with Gasteiger partial charge >= 0.3 is 6.03 Å². The van der Waals surface area contributed by atoms with Crippen molar-refractivity contribution in [1.29, 1.82) is 0 Å². The highest BCUT2D eigenvalue weighted by atomic mass is 19.1. The first-order valence-electron chi connectivity index (χ1n) is 6.73. The first kappa shape index (κ1) is 16.5. The van der Waals surface area contributed by atoms with E-state index in [0.717, 1.165) is 18.2 Å². The van der Waals surface area contributed by atoms with E-state index >= 15 is 0 Å². The number of carbonyl (C=O) groups excluding carboxylic acids is 1. The van der Waals surface area contributed by atoms with Crippen molar-refractivity contribution in [3.05, 3.63) is 53.6 Å². The van der Waals surface area contributed by atoms with Gasteiger partial charge in [-0.15, -0.1) is 0 Å². The number of methoxy groups -OCH3 is 2. The van der Waals surface area contributed by atoms with Crippen molar-refractivity contribution in [3.8, 4) is 11.5 Å². The molecule has 0 aliphatic rings. The van der Waals surface area contributed by atoms with Crippen LogP contribution in [0.2, 0.25) is 0 Å². The maximum Gasteiger partial charge on any atom is 0.319 e. The Labute approximate surface area is 132 Å². The van der Waals surface area contributed by atoms with E-state index in [1.54, 1.807) is 18.2 Å². The number of hydrogen-bond donors (Lipinski definition) is 2. The van der Waals surface area contributed by atoms with Crippen molar-refractivity contribution in [2.45, 2.75) is 6.54 Å². The molecule has 0 saturated carbocycles. The number of benzene rings is 2. The van der Waals surface area contributed by atoms with Gasteiger partial charge in [0.15, 0.2) is 0 Å². The Morgan fingerprint density at radius 1 is 1.04 bits per heavy atom. The molecule has 0 spiro atoms. The summed E-state index contributed by atoms with van der Waals surface area (Å²) >= 11 is 0. The van der Waals surface area contributed by atoms with Crippen molar-refractivity contribution in [2.24, 2.45) is 0 Å². The molecule has 5 nitrogen and oxygen atoms in total. The van der Waals surface area contributed by atoms with Crippen LogP contribution in [-0.4, -0.2) is 20.3 Å². The summed E-state index contributed by atoms with van der Waals surface area (Å²) in [6.45, 7) is -0.142. The van der Waals surface area contributed by atoms with Gasteiger partial charge in [0.25, 0.3) is 0 Å². The molecule has 0 fully saturated rings. The molecule has 0 unspecified atom stereocenters. The molecule has 2 rings (SSSR count). The van der Waals surface area contributed by atoms with Crippen LogP contribution in [0.15, 0.2) is 36.4 Å². The molecule has 122 valence electrons. The van der Waals surface area contributed by atoms with E-state index < -0.39 is 17.7 Å². The van der Waals surface area contributed by atoms with E-state index in [2.05, 4.69) is 10.6 Å². The topological polar surface area (TPSA) is 59.6 Å². The summed E-state index contributed by atoms with van der Waals surface area (Å²) in [6.07, 6.45) is 0. The fraction of sp³-hybridized carbons (Fsp3) is 0.188. The zero-order valence-electron chi connectivity index (χ0n) is 12.7. The molecule has 0 saturated heterocycles. The first-order valence-corrected chi connectivity index (χ1v) is 6.73. The van der Waals surface area contributed by atoms with Gasteiger partial charge < -0.3 is 20.1 Å². The minimum atomic E-state index is -0.588. The molecular formula is C16H16F2N2O3. The van der Waals surface area contributed by atoms with Crippen molar-refractivity contribution in [2.75, 3.05) is 19.5 Å². The van der Waals surface area contributed by atoms with Crippen molar-refractivity contribution >= 4 is 11.7 Å². The Kier molecular flexibility index (Phi) is 5.35. The van der Waals surface area contributed by atoms with Crippen LogP contribution in [0, 0.1) is 11.6 Å². The van der Waals surface area contributed by atoms with Gasteiger partial charge in [-0.25, -0.2) is 13.6 Å². The van der Waals surface area contributed by atoms with Crippen molar-refractivity contribution in [3.63, 3.8) is 0 Å². The summed E-state index contributed by atoms with van der Waals surface area (Å²) in [7, 11) is 2.98. The van der Waals surface area contributed by atoms with Gasteiger partial charge in [-0.05, 0) is 18.2 Å². The molecular weight excluding hydrogens is 306 g/mol. The van der Waals surface area contributed by atoms with Crippen molar-refractivity contribution < 1.29 is 23.0 Å². The molecule has 0 bridgehead atoms. The second kappa shape index (κ2) is 7.44. The summed E-state index contributed by atoms with van der Waals surface area (Å²) in [5, 5.41) is 5.02. The average molecular weight is 322 g/mol. The Hall–Kier alpha value is -2.83. The zero-order chi connectivity index (χ0) is 16.8. The van der Waals surface area contributed by atoms with E-state index in [1.807, 2.05) is 0 Å². The zero-order valence-corrected chi connectivity index (χ0v) is 12.7. The van der Waals surface area contributed by atoms with Crippen LogP contribution in [0.5, 0.6) is 11.5 Å². The lowest BCUT2D eigenvalue weighted by Crippen LogP contribution is -2.28. The Bertz CT molecular complexity index is 685. The molecule has 0 heterocycles. The summed E-state index contributed by atoms with van der Waals surface area (Å²) in [6, 6.07) is 7.35. The number of ether oxygens (including phenoxy) is 2. The number of carbonyl (C=O) groups is 1. The van der Waals surface area contributed by atoms with Gasteiger partial charge in [0.2, 0.25) is 0 Å². The number of amides is 2. The van der Waals surface area contributed by atoms with E-state index in [4.69, 9.17) is 9.47 Å². The molecule has 2 amide bonds. The van der Waals surface area contributed by atoms with E-state index in [9.17, 15) is 13.6 Å². The van der Waals surface area contributed by atoms with Gasteiger partial charge in [0.05, 0.1) is 14.2 Å². The van der Waals surface area contributed by atoms with Crippen LogP contribution in [0.1, 0.15) is 5.56 Å². The minimum absolute atomic E-state index is 0.0587. The van der Waals surface area contributed by atoms with Gasteiger partial charge in [0.1, 0.15) is 23.1 Å². The highest BCUT2D eigenvalue weighted by Gasteiger charge is 2.08. The summed E-state index contributed by atoms with van der Waals surface area (Å²) in [5.41, 5.74) is 0.502. The second-order valence-electron chi connectivity index (χ2n) is 4.64. The van der Waals surface area contributed by atoms with Crippen LogP contribution in [0.3, 0.4) is 0 Å². The van der Waals surface area contributed by atoms with Gasteiger partial charge in [0, 0.05) is 36.0 Å². The van der Waals surface area contributed by atoms with Crippen molar-refractivity contribution in [1.82, 2.24) is 5.32 Å². The quantitative estimate of drug-likeness (QED) is 0.888. The molecule has 0 radical (unpaired) electrons. The predicted molar refractivity (Wildman–Crippen MR) is 81.8 cm³/mol. The molecule has 0 aliphatic heterocycles. The normalized spacial score (nSPS) is 10.1. The highest BCUT2D eigenvalue weighted by molar-refractivity contribution is 5.89. The lowest BCUT2D eigenvalue weighted by Gasteiger charge is -2.11. The van der Waals surface area contributed by atoms with Gasteiger partial charge in [-0.3, -0.25) is 0 Å². The molecule has 23 heavy (non-hydrogen) atoms. The third kappa shape index (κ3) is 4.57. The molecule has 0 aromatic heterocycles. The van der Waals surface area contributed by atoms with E-state index in [1.165, 1.54) is 14.2 Å². The molecule has 0 aliphatic carbocycles. The fourth-order valence-corrected chi connectivity index (χ4v) is 1.91. The molecule has 2 aromatic rings. The fourth-order valence-electron chi connectivity index (χ4n) is 1.91. The smallest absolute Gasteiger partial charge is 0.319 e. The first-order chi connectivity index (χ1) is 11.0. The number of urea groups is 1. The summed E-state index contributed by atoms with van der Waals surface area (Å²) in [5.74, 6) is -0.137. The second-order valence-corrected chi connectivity index (χ2v) is 4.64. The number of halogens is 2. The number of nitrogens with one attached hydrogen (secondary N) is 2. The Morgan fingerprint density at radius 3 is 2.30 bits per heavy atom. The van der Waals surface area contributed by atoms with Gasteiger partial charge in [-0.1, -0.05) is 0 Å². The minimum Gasteiger partial charge on any atom is -0.497 e. The lowest BCUT2D eigenvalue weighted by atomic mass is 10.2. The summed E-state index contributed by atoms with van der Waals surface area (Å²) in [4.78, 5) is 11.9. The molecule has 0 atom stereocenters. The van der Waals surface area contributed by atoms with Crippen LogP contribution < -0.4 is 20.1 Å². The number of anilines is 1. The monoisotopic (exact) mass is 322 g/mol. The predicted octanol–water partition coefficient (Wildman–Crippen LogP) is 3.30. The summed E-state index contributed by atoms with van der Waals surface area (Å²) < 4.78 is 36.7. The van der Waals surface area contributed by atoms with E-state index in [-0.39, 0.29) is 12.1 Å². The Morgan fingerprint density at radius 2 is 1.70 bits per heavy atom. The van der Waals surface area contributed by atoms with Crippen LogP contribution in [-0.2, 0) is 6.54 Å². The molecule has 2 N–H and O–H groups in total. The standard InChI is InChI=1S/C16H16F2N2O3/c1-22-13-6-12(7-14(8-13)23-2)20-16(21)19-9-10-5-11(17)3-4-15(10)18/h3-8H,9H2,1-2H3,(H2,19,20,21). The third-order valence-electron chi connectivity index (χ3n) is 3.06. The highest BCUT2D eigenvalue weighted by Crippen LogP contribution is 2.25. The number of rotatable bonds is 5. The van der Waals surface area contributed by atoms with Gasteiger partial charge in [-0.2, -0.15) is 0 Å². The third-order valence-corrected chi connectivity index (χ3v) is 3.06. The lowest BCUT2D eigenvalue weighted by molar-refractivity contribution is 0.251. The average Bonchev–Trinajstić information content (AvgIpc) is 2.55. The SMILES string of the molecule is COc1cc(NC(=O)NCc2cc(F)ccc2F)cc(OC)c1. The molecule has 7 heteroatoms. The van der Waals surface area contributed by atoms with Crippen LogP contribution in [0.25, 0.3) is 0 Å². The van der Waals surface area contributed by atoms with Crippen LogP contribution >= 0.6 is 0 Å². The van der Waals surface area contributed by atoms with E-state index in [0.29, 0.717) is 17.2 Å². The largest absolute Gasteiger partial charge is 0.497 e. The Balaban J connectivity index is 2.01.